The highest BCUT2D eigenvalue weighted by Gasteiger charge is 2.20. The minimum Gasteiger partial charge on any atom is -0.309 e. The number of rotatable bonds is 8. The minimum absolute atomic E-state index is 0.0438. The highest BCUT2D eigenvalue weighted by atomic mass is 19.1. The van der Waals surface area contributed by atoms with Gasteiger partial charge in [-0.15, -0.1) is 0 Å². The summed E-state index contributed by atoms with van der Waals surface area (Å²) in [5.74, 6) is 0.493. The molecule has 114 valence electrons. The van der Waals surface area contributed by atoms with Gasteiger partial charge in [0.05, 0.1) is 0 Å². The van der Waals surface area contributed by atoms with Crippen molar-refractivity contribution in [3.05, 3.63) is 35.6 Å². The summed E-state index contributed by atoms with van der Waals surface area (Å²) in [4.78, 5) is 2.42. The lowest BCUT2D eigenvalue weighted by molar-refractivity contribution is 0.176. The normalized spacial score (nSPS) is 13.4. The first kappa shape index (κ1) is 17.1. The summed E-state index contributed by atoms with van der Waals surface area (Å²) in [6.07, 6.45) is 0. The number of benzene rings is 1. The molecule has 20 heavy (non-hydrogen) atoms. The van der Waals surface area contributed by atoms with Gasteiger partial charge in [-0.25, -0.2) is 4.39 Å². The summed E-state index contributed by atoms with van der Waals surface area (Å²) in [5.41, 5.74) is 0.767. The lowest BCUT2D eigenvalue weighted by atomic mass is 10.0. The van der Waals surface area contributed by atoms with Gasteiger partial charge in [0.15, 0.2) is 0 Å². The second kappa shape index (κ2) is 8.38. The van der Waals surface area contributed by atoms with Gasteiger partial charge in [-0.05, 0) is 32.4 Å². The van der Waals surface area contributed by atoms with Crippen LogP contribution in [-0.2, 0) is 0 Å². The molecule has 0 amide bonds. The standard InChI is InChI=1S/C17H29FN2/c1-6-19-17(15-9-7-8-10-16(15)18)12-20(14(4)5)11-13(2)3/h7-10,13-14,17,19H,6,11-12H2,1-5H3. The van der Waals surface area contributed by atoms with Gasteiger partial charge < -0.3 is 5.32 Å². The topological polar surface area (TPSA) is 15.3 Å². The number of halogens is 1. The molecule has 1 aromatic carbocycles. The van der Waals surface area contributed by atoms with Crippen LogP contribution in [0.1, 0.15) is 46.2 Å². The van der Waals surface area contributed by atoms with Crippen molar-refractivity contribution in [2.45, 2.75) is 46.7 Å². The van der Waals surface area contributed by atoms with Crippen LogP contribution in [0.4, 0.5) is 4.39 Å². The molecule has 1 aromatic rings. The highest BCUT2D eigenvalue weighted by molar-refractivity contribution is 5.21. The van der Waals surface area contributed by atoms with Crippen LogP contribution in [-0.4, -0.2) is 30.6 Å². The van der Waals surface area contributed by atoms with Crippen molar-refractivity contribution in [1.29, 1.82) is 0 Å². The minimum atomic E-state index is -0.119. The smallest absolute Gasteiger partial charge is 0.128 e. The Morgan fingerprint density at radius 3 is 2.25 bits per heavy atom. The summed E-state index contributed by atoms with van der Waals surface area (Å²) in [7, 11) is 0. The molecule has 0 spiro atoms. The van der Waals surface area contributed by atoms with E-state index in [0.29, 0.717) is 12.0 Å². The van der Waals surface area contributed by atoms with Crippen LogP contribution in [0.5, 0.6) is 0 Å². The fraction of sp³-hybridized carbons (Fsp3) is 0.647. The summed E-state index contributed by atoms with van der Waals surface area (Å²) in [6.45, 7) is 13.6. The van der Waals surface area contributed by atoms with Crippen LogP contribution >= 0.6 is 0 Å². The zero-order chi connectivity index (χ0) is 15.1. The van der Waals surface area contributed by atoms with Crippen LogP contribution in [0.25, 0.3) is 0 Å². The third kappa shape index (κ3) is 5.22. The summed E-state index contributed by atoms with van der Waals surface area (Å²) < 4.78 is 14.0. The van der Waals surface area contributed by atoms with Crippen molar-refractivity contribution in [3.8, 4) is 0 Å². The predicted molar refractivity (Wildman–Crippen MR) is 84.4 cm³/mol. The second-order valence-electron chi connectivity index (χ2n) is 6.07. The number of hydrogen-bond acceptors (Lipinski definition) is 2. The zero-order valence-electron chi connectivity index (χ0n) is 13.5. The number of likely N-dealkylation sites (N-methyl/N-ethyl adjacent to an activating group) is 1. The van der Waals surface area contributed by atoms with Crippen molar-refractivity contribution in [3.63, 3.8) is 0 Å². The van der Waals surface area contributed by atoms with Gasteiger partial charge in [0.25, 0.3) is 0 Å². The van der Waals surface area contributed by atoms with Crippen molar-refractivity contribution in [2.24, 2.45) is 5.92 Å². The maximum atomic E-state index is 14.0. The monoisotopic (exact) mass is 280 g/mol. The Kier molecular flexibility index (Phi) is 7.17. The van der Waals surface area contributed by atoms with Crippen molar-refractivity contribution in [2.75, 3.05) is 19.6 Å². The van der Waals surface area contributed by atoms with Crippen molar-refractivity contribution >= 4 is 0 Å². The average Bonchev–Trinajstić information content (AvgIpc) is 2.37. The van der Waals surface area contributed by atoms with Crippen LogP contribution in [0.15, 0.2) is 24.3 Å². The van der Waals surface area contributed by atoms with E-state index in [1.54, 1.807) is 12.1 Å². The fourth-order valence-corrected chi connectivity index (χ4v) is 2.48. The molecule has 1 atom stereocenters. The summed E-state index contributed by atoms with van der Waals surface area (Å²) in [5, 5.41) is 3.42. The Balaban J connectivity index is 2.87. The van der Waals surface area contributed by atoms with E-state index in [-0.39, 0.29) is 11.9 Å². The maximum absolute atomic E-state index is 14.0. The van der Waals surface area contributed by atoms with Crippen LogP contribution in [0.3, 0.4) is 0 Å². The van der Waals surface area contributed by atoms with Crippen LogP contribution < -0.4 is 5.32 Å². The van der Waals surface area contributed by atoms with Crippen LogP contribution in [0.2, 0.25) is 0 Å². The summed E-state index contributed by atoms with van der Waals surface area (Å²) >= 11 is 0. The molecule has 0 radical (unpaired) electrons. The molecule has 0 fully saturated rings. The number of hydrogen-bond donors (Lipinski definition) is 1. The Morgan fingerprint density at radius 2 is 1.75 bits per heavy atom. The Hall–Kier alpha value is -0.930. The van der Waals surface area contributed by atoms with Gasteiger partial charge in [-0.1, -0.05) is 39.0 Å². The van der Waals surface area contributed by atoms with Gasteiger partial charge in [-0.2, -0.15) is 0 Å². The highest BCUT2D eigenvalue weighted by Crippen LogP contribution is 2.19. The molecular formula is C17H29FN2. The fourth-order valence-electron chi connectivity index (χ4n) is 2.48. The third-order valence-corrected chi connectivity index (χ3v) is 3.48. The quantitative estimate of drug-likeness (QED) is 0.778. The average molecular weight is 280 g/mol. The van der Waals surface area contributed by atoms with E-state index in [2.05, 4.69) is 44.8 Å². The van der Waals surface area contributed by atoms with Gasteiger partial charge >= 0.3 is 0 Å². The first-order valence-electron chi connectivity index (χ1n) is 7.67. The van der Waals surface area contributed by atoms with E-state index in [1.165, 1.54) is 0 Å². The second-order valence-corrected chi connectivity index (χ2v) is 6.07. The van der Waals surface area contributed by atoms with Gasteiger partial charge in [-0.3, -0.25) is 4.90 Å². The molecule has 1 rings (SSSR count). The first-order chi connectivity index (χ1) is 9.45. The molecule has 0 saturated carbocycles. The summed E-state index contributed by atoms with van der Waals surface area (Å²) in [6, 6.07) is 7.59. The van der Waals surface area contributed by atoms with E-state index < -0.39 is 0 Å². The molecule has 1 N–H and O–H groups in total. The number of nitrogens with one attached hydrogen (secondary N) is 1. The predicted octanol–water partition coefficient (Wildman–Crippen LogP) is 3.84. The Labute approximate surface area is 123 Å². The Morgan fingerprint density at radius 1 is 1.10 bits per heavy atom. The third-order valence-electron chi connectivity index (χ3n) is 3.48. The molecule has 2 nitrogen and oxygen atoms in total. The van der Waals surface area contributed by atoms with E-state index in [1.807, 2.05) is 12.1 Å². The number of nitrogens with zero attached hydrogens (tertiary/aromatic N) is 1. The first-order valence-corrected chi connectivity index (χ1v) is 7.67. The molecule has 0 heterocycles. The van der Waals surface area contributed by atoms with Crippen molar-refractivity contribution < 1.29 is 4.39 Å². The van der Waals surface area contributed by atoms with E-state index >= 15 is 0 Å². The SMILES string of the molecule is CCNC(CN(CC(C)C)C(C)C)c1ccccc1F. The van der Waals surface area contributed by atoms with E-state index in [9.17, 15) is 4.39 Å². The van der Waals surface area contributed by atoms with E-state index in [0.717, 1.165) is 25.2 Å². The molecule has 3 heteroatoms. The van der Waals surface area contributed by atoms with Crippen molar-refractivity contribution in [1.82, 2.24) is 10.2 Å². The molecule has 0 aliphatic rings. The van der Waals surface area contributed by atoms with Crippen LogP contribution in [0, 0.1) is 11.7 Å². The molecule has 0 bridgehead atoms. The maximum Gasteiger partial charge on any atom is 0.128 e. The zero-order valence-corrected chi connectivity index (χ0v) is 13.5. The lowest BCUT2D eigenvalue weighted by Crippen LogP contribution is -2.41. The molecule has 0 aromatic heterocycles. The molecule has 0 aliphatic heterocycles. The largest absolute Gasteiger partial charge is 0.309 e. The van der Waals surface area contributed by atoms with Gasteiger partial charge in [0.2, 0.25) is 0 Å². The van der Waals surface area contributed by atoms with Gasteiger partial charge in [0.1, 0.15) is 5.82 Å². The molecule has 1 unspecified atom stereocenters. The van der Waals surface area contributed by atoms with Gasteiger partial charge in [0, 0.05) is 30.7 Å². The lowest BCUT2D eigenvalue weighted by Gasteiger charge is -2.32. The molecular weight excluding hydrogens is 251 g/mol. The molecule has 0 aliphatic carbocycles. The van der Waals surface area contributed by atoms with E-state index in [4.69, 9.17) is 0 Å². The Bertz CT molecular complexity index is 390. The molecule has 0 saturated heterocycles.